The van der Waals surface area contributed by atoms with Gasteiger partial charge in [-0.2, -0.15) is 0 Å². The van der Waals surface area contributed by atoms with Crippen LogP contribution in [0.25, 0.3) is 0 Å². The number of nitrogens with one attached hydrogen (secondary N) is 1. The molecular formula is C14H18ClN3O2. The number of halogens is 1. The number of anilines is 2. The van der Waals surface area contributed by atoms with Crippen molar-refractivity contribution in [2.45, 2.75) is 19.8 Å². The van der Waals surface area contributed by atoms with Gasteiger partial charge in [-0.25, -0.2) is 0 Å². The standard InChI is InChI=1S/C14H18ClN3O2/c1-2-9-5-14(20)18(7-9)8-13(19)17-12-6-10(15)3-4-11(12)16/h3-4,6,9H,2,5,7-8,16H2,1H3,(H,17,19). The molecule has 0 aromatic heterocycles. The molecule has 0 spiro atoms. The fraction of sp³-hybridized carbons (Fsp3) is 0.429. The van der Waals surface area contributed by atoms with Gasteiger partial charge in [-0.3, -0.25) is 9.59 Å². The summed E-state index contributed by atoms with van der Waals surface area (Å²) in [6.07, 6.45) is 1.48. The highest BCUT2D eigenvalue weighted by Gasteiger charge is 2.29. The van der Waals surface area contributed by atoms with E-state index in [1.165, 1.54) is 0 Å². The third kappa shape index (κ3) is 3.42. The molecule has 1 unspecified atom stereocenters. The summed E-state index contributed by atoms with van der Waals surface area (Å²) >= 11 is 5.86. The molecule has 1 aromatic carbocycles. The lowest BCUT2D eigenvalue weighted by molar-refractivity contribution is -0.131. The minimum atomic E-state index is -0.260. The predicted molar refractivity (Wildman–Crippen MR) is 79.5 cm³/mol. The average Bonchev–Trinajstić information content (AvgIpc) is 2.74. The van der Waals surface area contributed by atoms with Crippen molar-refractivity contribution in [3.63, 3.8) is 0 Å². The Labute approximate surface area is 123 Å². The Morgan fingerprint density at radius 1 is 1.55 bits per heavy atom. The van der Waals surface area contributed by atoms with E-state index < -0.39 is 0 Å². The van der Waals surface area contributed by atoms with E-state index in [0.717, 1.165) is 6.42 Å². The summed E-state index contributed by atoms with van der Waals surface area (Å²) in [7, 11) is 0. The molecule has 0 bridgehead atoms. The average molecular weight is 296 g/mol. The molecule has 20 heavy (non-hydrogen) atoms. The molecule has 1 heterocycles. The number of carbonyl (C=O) groups is 2. The van der Waals surface area contributed by atoms with Crippen LogP contribution in [0.5, 0.6) is 0 Å². The molecule has 3 N–H and O–H groups in total. The Morgan fingerprint density at radius 3 is 2.95 bits per heavy atom. The van der Waals surface area contributed by atoms with Crippen molar-refractivity contribution in [2.24, 2.45) is 5.92 Å². The van der Waals surface area contributed by atoms with Gasteiger partial charge in [-0.05, 0) is 24.1 Å². The number of nitrogens with zero attached hydrogens (tertiary/aromatic N) is 1. The zero-order valence-electron chi connectivity index (χ0n) is 11.4. The molecule has 1 saturated heterocycles. The minimum Gasteiger partial charge on any atom is -0.397 e. The van der Waals surface area contributed by atoms with Crippen LogP contribution in [0, 0.1) is 5.92 Å². The summed E-state index contributed by atoms with van der Waals surface area (Å²) in [6, 6.07) is 4.88. The van der Waals surface area contributed by atoms with Crippen molar-refractivity contribution in [1.82, 2.24) is 4.90 Å². The lowest BCUT2D eigenvalue weighted by Gasteiger charge is -2.16. The van der Waals surface area contributed by atoms with Crippen LogP contribution in [0.2, 0.25) is 5.02 Å². The molecule has 1 aromatic rings. The Hall–Kier alpha value is -1.75. The lowest BCUT2D eigenvalue weighted by Crippen LogP contribution is -2.34. The third-order valence-corrected chi connectivity index (χ3v) is 3.73. The first-order valence-corrected chi connectivity index (χ1v) is 7.00. The second-order valence-corrected chi connectivity index (χ2v) is 5.47. The van der Waals surface area contributed by atoms with E-state index in [9.17, 15) is 9.59 Å². The van der Waals surface area contributed by atoms with Crippen LogP contribution < -0.4 is 11.1 Å². The van der Waals surface area contributed by atoms with Gasteiger partial charge in [0, 0.05) is 18.0 Å². The van der Waals surface area contributed by atoms with Crippen molar-refractivity contribution in [2.75, 3.05) is 24.1 Å². The highest BCUT2D eigenvalue weighted by atomic mass is 35.5. The topological polar surface area (TPSA) is 75.4 Å². The normalized spacial score (nSPS) is 18.4. The molecule has 6 heteroatoms. The highest BCUT2D eigenvalue weighted by molar-refractivity contribution is 6.31. The van der Waals surface area contributed by atoms with Gasteiger partial charge < -0.3 is 16.0 Å². The van der Waals surface area contributed by atoms with Crippen LogP contribution in [0.3, 0.4) is 0 Å². The highest BCUT2D eigenvalue weighted by Crippen LogP contribution is 2.24. The first-order valence-electron chi connectivity index (χ1n) is 6.62. The van der Waals surface area contributed by atoms with Crippen molar-refractivity contribution in [3.05, 3.63) is 23.2 Å². The number of nitrogens with two attached hydrogens (primary N) is 1. The summed E-state index contributed by atoms with van der Waals surface area (Å²) in [5.41, 5.74) is 6.68. The van der Waals surface area contributed by atoms with E-state index >= 15 is 0 Å². The molecule has 1 fully saturated rings. The number of amides is 2. The van der Waals surface area contributed by atoms with E-state index in [4.69, 9.17) is 17.3 Å². The van der Waals surface area contributed by atoms with Gasteiger partial charge in [-0.15, -0.1) is 0 Å². The van der Waals surface area contributed by atoms with Gasteiger partial charge in [-0.1, -0.05) is 24.9 Å². The summed E-state index contributed by atoms with van der Waals surface area (Å²) in [5.74, 6) is 0.127. The molecule has 1 aliphatic heterocycles. The molecule has 1 atom stereocenters. The van der Waals surface area contributed by atoms with E-state index in [0.29, 0.717) is 35.3 Å². The largest absolute Gasteiger partial charge is 0.397 e. The van der Waals surface area contributed by atoms with Gasteiger partial charge in [0.25, 0.3) is 0 Å². The minimum absolute atomic E-state index is 0.0334. The number of carbonyl (C=O) groups excluding carboxylic acids is 2. The molecule has 108 valence electrons. The number of hydrogen-bond donors (Lipinski definition) is 2. The van der Waals surface area contributed by atoms with Crippen LogP contribution in [-0.2, 0) is 9.59 Å². The quantitative estimate of drug-likeness (QED) is 0.836. The van der Waals surface area contributed by atoms with Crippen molar-refractivity contribution < 1.29 is 9.59 Å². The maximum atomic E-state index is 12.0. The zero-order valence-corrected chi connectivity index (χ0v) is 12.1. The molecule has 2 amide bonds. The number of nitrogen functional groups attached to an aromatic ring is 1. The van der Waals surface area contributed by atoms with Crippen molar-refractivity contribution in [3.8, 4) is 0 Å². The van der Waals surface area contributed by atoms with Crippen LogP contribution in [0.4, 0.5) is 11.4 Å². The maximum Gasteiger partial charge on any atom is 0.244 e. The Balaban J connectivity index is 1.96. The van der Waals surface area contributed by atoms with Crippen LogP contribution >= 0.6 is 11.6 Å². The molecular weight excluding hydrogens is 278 g/mol. The lowest BCUT2D eigenvalue weighted by atomic mass is 10.1. The monoisotopic (exact) mass is 295 g/mol. The maximum absolute atomic E-state index is 12.0. The number of benzene rings is 1. The SMILES string of the molecule is CCC1CC(=O)N(CC(=O)Nc2cc(Cl)ccc2N)C1. The third-order valence-electron chi connectivity index (χ3n) is 3.50. The second kappa shape index (κ2) is 6.13. The Morgan fingerprint density at radius 2 is 2.30 bits per heavy atom. The Bertz CT molecular complexity index is 533. The van der Waals surface area contributed by atoms with Gasteiger partial charge in [0.15, 0.2) is 0 Å². The molecule has 0 saturated carbocycles. The van der Waals surface area contributed by atoms with Crippen LogP contribution in [-0.4, -0.2) is 29.8 Å². The van der Waals surface area contributed by atoms with Gasteiger partial charge in [0.2, 0.25) is 11.8 Å². The molecule has 2 rings (SSSR count). The Kier molecular flexibility index (Phi) is 4.49. The van der Waals surface area contributed by atoms with E-state index in [1.54, 1.807) is 23.1 Å². The summed E-state index contributed by atoms with van der Waals surface area (Å²) in [6.45, 7) is 2.75. The fourth-order valence-corrected chi connectivity index (χ4v) is 2.45. The van der Waals surface area contributed by atoms with Crippen LogP contribution in [0.1, 0.15) is 19.8 Å². The number of rotatable bonds is 4. The smallest absolute Gasteiger partial charge is 0.244 e. The van der Waals surface area contributed by atoms with Crippen molar-refractivity contribution in [1.29, 1.82) is 0 Å². The number of hydrogen-bond acceptors (Lipinski definition) is 3. The number of likely N-dealkylation sites (tertiary alicyclic amines) is 1. The van der Waals surface area contributed by atoms with E-state index in [1.807, 2.05) is 6.92 Å². The van der Waals surface area contributed by atoms with Gasteiger partial charge in [0.05, 0.1) is 17.9 Å². The summed E-state index contributed by atoms with van der Waals surface area (Å²) < 4.78 is 0. The van der Waals surface area contributed by atoms with E-state index in [-0.39, 0.29) is 18.4 Å². The van der Waals surface area contributed by atoms with E-state index in [2.05, 4.69) is 5.32 Å². The van der Waals surface area contributed by atoms with Crippen molar-refractivity contribution >= 4 is 34.8 Å². The summed E-state index contributed by atoms with van der Waals surface area (Å²) in [5, 5.41) is 3.19. The predicted octanol–water partition coefficient (Wildman–Crippen LogP) is 2.12. The second-order valence-electron chi connectivity index (χ2n) is 5.03. The molecule has 0 aliphatic carbocycles. The molecule has 1 aliphatic rings. The van der Waals surface area contributed by atoms with Gasteiger partial charge >= 0.3 is 0 Å². The summed E-state index contributed by atoms with van der Waals surface area (Å²) in [4.78, 5) is 25.3. The fourth-order valence-electron chi connectivity index (χ4n) is 2.28. The first kappa shape index (κ1) is 14.7. The zero-order chi connectivity index (χ0) is 14.7. The molecule has 0 radical (unpaired) electrons. The van der Waals surface area contributed by atoms with Crippen LogP contribution in [0.15, 0.2) is 18.2 Å². The molecule has 5 nitrogen and oxygen atoms in total. The van der Waals surface area contributed by atoms with Gasteiger partial charge in [0.1, 0.15) is 0 Å². The first-order chi connectivity index (χ1) is 9.49.